The normalized spacial score (nSPS) is 13.5. The summed E-state index contributed by atoms with van der Waals surface area (Å²) in [6, 6.07) is 7.13. The van der Waals surface area contributed by atoms with Gasteiger partial charge in [-0.1, -0.05) is 26.0 Å². The van der Waals surface area contributed by atoms with Crippen molar-refractivity contribution in [3.05, 3.63) is 74.9 Å². The van der Waals surface area contributed by atoms with Gasteiger partial charge >= 0.3 is 0 Å². The van der Waals surface area contributed by atoms with Crippen LogP contribution < -0.4 is 16.2 Å². The third-order valence-electron chi connectivity index (χ3n) is 6.27. The minimum Gasteiger partial charge on any atom is -0.451 e. The van der Waals surface area contributed by atoms with Gasteiger partial charge in [0.05, 0.1) is 5.69 Å². The Morgan fingerprint density at radius 3 is 2.69 bits per heavy atom. The predicted molar refractivity (Wildman–Crippen MR) is 129 cm³/mol. The molecule has 1 aliphatic rings. The van der Waals surface area contributed by atoms with E-state index in [9.17, 15) is 18.8 Å². The monoisotopic (exact) mass is 480 g/mol. The fraction of sp³-hybridized carbons (Fsp3) is 0.385. The van der Waals surface area contributed by atoms with Crippen LogP contribution in [0, 0.1) is 11.7 Å². The second-order valence-corrected chi connectivity index (χ2v) is 9.07. The Kier molecular flexibility index (Phi) is 7.14. The van der Waals surface area contributed by atoms with Crippen LogP contribution >= 0.6 is 0 Å². The fourth-order valence-electron chi connectivity index (χ4n) is 4.29. The number of rotatable bonds is 8. The second kappa shape index (κ2) is 10.2. The molecule has 0 fully saturated rings. The largest absolute Gasteiger partial charge is 0.451 e. The van der Waals surface area contributed by atoms with Gasteiger partial charge in [-0.3, -0.25) is 14.4 Å². The van der Waals surface area contributed by atoms with Crippen LogP contribution in [0.4, 0.5) is 4.39 Å². The SMILES string of the molecule is CNC(=O)[C@@H](NC(=O)c1ccc(-c2ccc(CCc3nc4c(c(=O)[nH]3)CCC4)c(F)c2)o1)C(C)C. The van der Waals surface area contributed by atoms with Gasteiger partial charge in [0.15, 0.2) is 5.76 Å². The first-order valence-electron chi connectivity index (χ1n) is 11.8. The van der Waals surface area contributed by atoms with E-state index in [1.54, 1.807) is 18.2 Å². The van der Waals surface area contributed by atoms with Gasteiger partial charge in [0.1, 0.15) is 23.4 Å². The van der Waals surface area contributed by atoms with Gasteiger partial charge in [0.25, 0.3) is 11.5 Å². The molecule has 1 aliphatic carbocycles. The van der Waals surface area contributed by atoms with Crippen molar-refractivity contribution in [1.29, 1.82) is 0 Å². The van der Waals surface area contributed by atoms with E-state index in [-0.39, 0.29) is 23.1 Å². The van der Waals surface area contributed by atoms with E-state index in [1.165, 1.54) is 19.2 Å². The number of hydrogen-bond donors (Lipinski definition) is 3. The summed E-state index contributed by atoms with van der Waals surface area (Å²) in [6.07, 6.45) is 3.31. The zero-order valence-corrected chi connectivity index (χ0v) is 20.0. The van der Waals surface area contributed by atoms with Crippen LogP contribution in [0.2, 0.25) is 0 Å². The quantitative estimate of drug-likeness (QED) is 0.458. The third kappa shape index (κ3) is 5.34. The summed E-state index contributed by atoms with van der Waals surface area (Å²) in [6.45, 7) is 3.66. The van der Waals surface area contributed by atoms with Gasteiger partial charge < -0.3 is 20.0 Å². The summed E-state index contributed by atoms with van der Waals surface area (Å²) in [5, 5.41) is 5.20. The Morgan fingerprint density at radius 1 is 1.17 bits per heavy atom. The van der Waals surface area contributed by atoms with E-state index in [2.05, 4.69) is 20.6 Å². The lowest BCUT2D eigenvalue weighted by molar-refractivity contribution is -0.123. The lowest BCUT2D eigenvalue weighted by Gasteiger charge is -2.19. The molecule has 0 aliphatic heterocycles. The van der Waals surface area contributed by atoms with E-state index in [1.807, 2.05) is 13.8 Å². The van der Waals surface area contributed by atoms with E-state index < -0.39 is 17.8 Å². The number of amides is 2. The highest BCUT2D eigenvalue weighted by molar-refractivity contribution is 5.96. The number of likely N-dealkylation sites (N-methyl/N-ethyl adjacent to an activating group) is 1. The molecule has 1 atom stereocenters. The number of fused-ring (bicyclic) bond motifs is 1. The van der Waals surface area contributed by atoms with E-state index in [0.29, 0.717) is 35.6 Å². The molecule has 8 nitrogen and oxygen atoms in total. The number of aromatic nitrogens is 2. The van der Waals surface area contributed by atoms with Crippen LogP contribution in [-0.2, 0) is 30.5 Å². The summed E-state index contributed by atoms with van der Waals surface area (Å²) in [7, 11) is 1.51. The van der Waals surface area contributed by atoms with Crippen LogP contribution in [0.1, 0.15) is 53.5 Å². The molecule has 0 radical (unpaired) electrons. The topological polar surface area (TPSA) is 117 Å². The summed E-state index contributed by atoms with van der Waals surface area (Å²) >= 11 is 0. The van der Waals surface area contributed by atoms with Crippen molar-refractivity contribution >= 4 is 11.8 Å². The van der Waals surface area contributed by atoms with Gasteiger partial charge in [-0.25, -0.2) is 9.37 Å². The van der Waals surface area contributed by atoms with Crippen molar-refractivity contribution in [2.75, 3.05) is 7.05 Å². The lowest BCUT2D eigenvalue weighted by Crippen LogP contribution is -2.48. The molecule has 0 saturated heterocycles. The first kappa shape index (κ1) is 24.4. The van der Waals surface area contributed by atoms with Gasteiger partial charge in [-0.2, -0.15) is 0 Å². The average Bonchev–Trinajstić information content (AvgIpc) is 3.51. The van der Waals surface area contributed by atoms with Crippen molar-refractivity contribution in [2.24, 2.45) is 5.92 Å². The Labute approximate surface area is 202 Å². The number of benzene rings is 1. The van der Waals surface area contributed by atoms with Crippen molar-refractivity contribution in [3.8, 4) is 11.3 Å². The molecule has 2 heterocycles. The molecule has 2 amide bonds. The summed E-state index contributed by atoms with van der Waals surface area (Å²) in [5.41, 5.74) is 2.51. The highest BCUT2D eigenvalue weighted by Gasteiger charge is 2.25. The van der Waals surface area contributed by atoms with Crippen LogP contribution in [0.15, 0.2) is 39.5 Å². The number of nitrogens with zero attached hydrogens (tertiary/aromatic N) is 1. The van der Waals surface area contributed by atoms with Crippen molar-refractivity contribution < 1.29 is 18.4 Å². The molecule has 0 saturated carbocycles. The molecule has 0 unspecified atom stereocenters. The minimum atomic E-state index is -0.701. The maximum atomic E-state index is 14.8. The highest BCUT2D eigenvalue weighted by Crippen LogP contribution is 2.25. The van der Waals surface area contributed by atoms with Crippen LogP contribution in [0.25, 0.3) is 11.3 Å². The molecule has 184 valence electrons. The molecule has 9 heteroatoms. The maximum Gasteiger partial charge on any atom is 0.287 e. The number of aryl methyl sites for hydroxylation is 3. The number of hydrogen-bond acceptors (Lipinski definition) is 5. The zero-order chi connectivity index (χ0) is 25.1. The number of carbonyl (C=O) groups is 2. The fourth-order valence-corrected chi connectivity index (χ4v) is 4.29. The number of H-pyrrole nitrogens is 1. The van der Waals surface area contributed by atoms with Gasteiger partial charge in [-0.15, -0.1) is 0 Å². The van der Waals surface area contributed by atoms with Crippen LogP contribution in [-0.4, -0.2) is 34.9 Å². The Hall–Kier alpha value is -3.75. The molecule has 3 aromatic rings. The van der Waals surface area contributed by atoms with Crippen molar-refractivity contribution in [1.82, 2.24) is 20.6 Å². The zero-order valence-electron chi connectivity index (χ0n) is 20.0. The highest BCUT2D eigenvalue weighted by atomic mass is 19.1. The standard InChI is InChI=1S/C26H29FN4O4/c1-14(2)23(26(34)28-3)31-25(33)21-11-10-20(35-21)16-8-7-15(18(27)13-16)9-12-22-29-19-6-4-5-17(19)24(32)30-22/h7-8,10-11,13-14,23H,4-6,9,12H2,1-3H3,(H,28,34)(H,31,33)(H,29,30,32)/t23-/m0/s1. The average molecular weight is 481 g/mol. The molecule has 3 N–H and O–H groups in total. The third-order valence-corrected chi connectivity index (χ3v) is 6.27. The van der Waals surface area contributed by atoms with Gasteiger partial charge in [0.2, 0.25) is 5.91 Å². The van der Waals surface area contributed by atoms with Crippen LogP contribution in [0.3, 0.4) is 0 Å². The first-order valence-corrected chi connectivity index (χ1v) is 11.8. The maximum absolute atomic E-state index is 14.8. The number of nitrogens with one attached hydrogen (secondary N) is 3. The van der Waals surface area contributed by atoms with E-state index in [4.69, 9.17) is 4.42 Å². The Balaban J connectivity index is 1.43. The smallest absolute Gasteiger partial charge is 0.287 e. The number of furan rings is 1. The van der Waals surface area contributed by atoms with Crippen molar-refractivity contribution in [2.45, 2.75) is 52.0 Å². The number of aromatic amines is 1. The number of carbonyl (C=O) groups excluding carboxylic acids is 2. The van der Waals surface area contributed by atoms with E-state index in [0.717, 1.165) is 30.5 Å². The Morgan fingerprint density at radius 2 is 1.97 bits per heavy atom. The molecule has 35 heavy (non-hydrogen) atoms. The van der Waals surface area contributed by atoms with Crippen LogP contribution in [0.5, 0.6) is 0 Å². The van der Waals surface area contributed by atoms with Gasteiger partial charge in [-0.05, 0) is 55.4 Å². The molecule has 1 aromatic carbocycles. The van der Waals surface area contributed by atoms with Gasteiger partial charge in [0, 0.05) is 24.6 Å². The summed E-state index contributed by atoms with van der Waals surface area (Å²) < 4.78 is 20.5. The second-order valence-electron chi connectivity index (χ2n) is 9.07. The summed E-state index contributed by atoms with van der Waals surface area (Å²) in [5.74, 6) is -0.398. The Bertz CT molecular complexity index is 1310. The minimum absolute atomic E-state index is 0.0330. The van der Waals surface area contributed by atoms with E-state index >= 15 is 0 Å². The predicted octanol–water partition coefficient (Wildman–Crippen LogP) is 2.94. The lowest BCUT2D eigenvalue weighted by atomic mass is 10.0. The molecule has 0 bridgehead atoms. The first-order chi connectivity index (χ1) is 16.8. The van der Waals surface area contributed by atoms with Crippen molar-refractivity contribution in [3.63, 3.8) is 0 Å². The molecular weight excluding hydrogens is 451 g/mol. The molecule has 2 aromatic heterocycles. The number of halogens is 1. The molecule has 0 spiro atoms. The summed E-state index contributed by atoms with van der Waals surface area (Å²) in [4.78, 5) is 44.1. The molecular formula is C26H29FN4O4. The molecule has 4 rings (SSSR count).